The van der Waals surface area contributed by atoms with E-state index in [4.69, 9.17) is 9.84 Å². The van der Waals surface area contributed by atoms with Crippen molar-refractivity contribution in [2.75, 3.05) is 18.5 Å². The van der Waals surface area contributed by atoms with Crippen LogP contribution < -0.4 is 10.1 Å². The average molecular weight is 350 g/mol. The van der Waals surface area contributed by atoms with Gasteiger partial charge >= 0.3 is 5.97 Å². The molecule has 0 fully saturated rings. The maximum Gasteiger partial charge on any atom is 0.339 e. The number of benzene rings is 2. The van der Waals surface area contributed by atoms with Gasteiger partial charge in [0.1, 0.15) is 17.9 Å². The predicted octanol–water partition coefficient (Wildman–Crippen LogP) is 3.95. The summed E-state index contributed by atoms with van der Waals surface area (Å²) in [4.78, 5) is 11.1. The Morgan fingerprint density at radius 3 is 2.81 bits per heavy atom. The lowest BCUT2D eigenvalue weighted by Crippen LogP contribution is -2.13. The van der Waals surface area contributed by atoms with E-state index >= 15 is 0 Å². The number of hydrogen-bond donors (Lipinski definition) is 2. The van der Waals surface area contributed by atoms with Crippen LogP contribution >= 0.6 is 15.9 Å². The number of anilines is 1. The Balaban J connectivity index is 1.91. The van der Waals surface area contributed by atoms with Gasteiger partial charge in [-0.2, -0.15) is 0 Å². The van der Waals surface area contributed by atoms with E-state index in [9.17, 15) is 4.79 Å². The van der Waals surface area contributed by atoms with Gasteiger partial charge in [-0.1, -0.05) is 18.2 Å². The van der Waals surface area contributed by atoms with Gasteiger partial charge in [0.05, 0.1) is 0 Å². The molecule has 110 valence electrons. The molecular formula is C16H16BrNO3. The van der Waals surface area contributed by atoms with E-state index in [-0.39, 0.29) is 5.56 Å². The molecule has 0 radical (unpaired) electrons. The van der Waals surface area contributed by atoms with Gasteiger partial charge in [-0.25, -0.2) is 4.79 Å². The SMILES string of the molecule is Cc1ccc(Br)c(NCCOc2ccccc2C(=O)O)c1. The highest BCUT2D eigenvalue weighted by molar-refractivity contribution is 9.10. The van der Waals surface area contributed by atoms with Crippen molar-refractivity contribution in [1.82, 2.24) is 0 Å². The van der Waals surface area contributed by atoms with Gasteiger partial charge in [-0.15, -0.1) is 0 Å². The number of carboxylic acids is 1. The summed E-state index contributed by atoms with van der Waals surface area (Å²) >= 11 is 3.48. The maximum atomic E-state index is 11.1. The molecule has 0 atom stereocenters. The van der Waals surface area contributed by atoms with Gasteiger partial charge in [0, 0.05) is 16.7 Å². The molecule has 2 aromatic rings. The number of rotatable bonds is 6. The summed E-state index contributed by atoms with van der Waals surface area (Å²) in [5, 5.41) is 12.3. The van der Waals surface area contributed by atoms with Crippen molar-refractivity contribution >= 4 is 27.6 Å². The van der Waals surface area contributed by atoms with Crippen LogP contribution in [0.15, 0.2) is 46.9 Å². The number of ether oxygens (including phenoxy) is 1. The molecule has 0 aliphatic rings. The molecule has 0 aromatic heterocycles. The Kier molecular flexibility index (Phi) is 5.22. The monoisotopic (exact) mass is 349 g/mol. The molecule has 0 saturated carbocycles. The van der Waals surface area contributed by atoms with Crippen LogP contribution in [0.25, 0.3) is 0 Å². The van der Waals surface area contributed by atoms with E-state index in [1.54, 1.807) is 18.2 Å². The maximum absolute atomic E-state index is 11.1. The minimum absolute atomic E-state index is 0.175. The fourth-order valence-electron chi connectivity index (χ4n) is 1.89. The van der Waals surface area contributed by atoms with Gasteiger partial charge < -0.3 is 15.2 Å². The zero-order valence-electron chi connectivity index (χ0n) is 11.6. The zero-order valence-corrected chi connectivity index (χ0v) is 13.2. The highest BCUT2D eigenvalue weighted by atomic mass is 79.9. The van der Waals surface area contributed by atoms with Crippen molar-refractivity contribution in [3.63, 3.8) is 0 Å². The highest BCUT2D eigenvalue weighted by Gasteiger charge is 2.09. The second kappa shape index (κ2) is 7.13. The quantitative estimate of drug-likeness (QED) is 0.775. The minimum atomic E-state index is -0.986. The summed E-state index contributed by atoms with van der Waals surface area (Å²) < 4.78 is 6.52. The van der Waals surface area contributed by atoms with E-state index < -0.39 is 5.97 Å². The van der Waals surface area contributed by atoms with E-state index in [0.717, 1.165) is 15.7 Å². The average Bonchev–Trinajstić information content (AvgIpc) is 2.47. The number of aromatic carboxylic acids is 1. The molecule has 0 heterocycles. The minimum Gasteiger partial charge on any atom is -0.491 e. The molecule has 21 heavy (non-hydrogen) atoms. The standard InChI is InChI=1S/C16H16BrNO3/c1-11-6-7-13(17)14(10-11)18-8-9-21-15-5-3-2-4-12(15)16(19)20/h2-7,10,18H,8-9H2,1H3,(H,19,20). The number of halogens is 1. The number of carboxylic acid groups (broad SMARTS) is 1. The van der Waals surface area contributed by atoms with E-state index in [2.05, 4.69) is 21.2 Å². The van der Waals surface area contributed by atoms with Crippen LogP contribution in [0.4, 0.5) is 5.69 Å². The van der Waals surface area contributed by atoms with Crippen LogP contribution in [0.3, 0.4) is 0 Å². The second-order valence-corrected chi connectivity index (χ2v) is 5.41. The predicted molar refractivity (Wildman–Crippen MR) is 86.3 cm³/mol. The molecule has 2 N–H and O–H groups in total. The lowest BCUT2D eigenvalue weighted by Gasteiger charge is -2.12. The molecule has 0 aliphatic heterocycles. The first-order valence-corrected chi connectivity index (χ1v) is 7.32. The summed E-state index contributed by atoms with van der Waals surface area (Å²) in [7, 11) is 0. The number of carbonyl (C=O) groups is 1. The van der Waals surface area contributed by atoms with Crippen LogP contribution in [0, 0.1) is 6.92 Å². The topological polar surface area (TPSA) is 58.6 Å². The fraction of sp³-hybridized carbons (Fsp3) is 0.188. The molecule has 2 aromatic carbocycles. The molecule has 0 saturated heterocycles. The van der Waals surface area contributed by atoms with Crippen molar-refractivity contribution in [3.05, 3.63) is 58.1 Å². The lowest BCUT2D eigenvalue weighted by molar-refractivity contribution is 0.0692. The smallest absolute Gasteiger partial charge is 0.339 e. The fourth-order valence-corrected chi connectivity index (χ4v) is 2.28. The van der Waals surface area contributed by atoms with Gasteiger partial charge in [0.25, 0.3) is 0 Å². The molecule has 5 heteroatoms. The largest absolute Gasteiger partial charge is 0.491 e. The summed E-state index contributed by atoms with van der Waals surface area (Å²) in [5.41, 5.74) is 2.33. The molecule has 0 amide bonds. The normalized spacial score (nSPS) is 10.2. The molecule has 0 unspecified atom stereocenters. The first-order chi connectivity index (χ1) is 10.1. The summed E-state index contributed by atoms with van der Waals surface area (Å²) in [6.45, 7) is 2.98. The van der Waals surface area contributed by atoms with Gasteiger partial charge in [0.15, 0.2) is 0 Å². The Morgan fingerprint density at radius 1 is 1.29 bits per heavy atom. The number of nitrogens with one attached hydrogen (secondary N) is 1. The molecule has 2 rings (SSSR count). The third-order valence-electron chi connectivity index (χ3n) is 2.91. The number of para-hydroxylation sites is 1. The van der Waals surface area contributed by atoms with Crippen LogP contribution in [-0.2, 0) is 0 Å². The van der Waals surface area contributed by atoms with Gasteiger partial charge in [0.2, 0.25) is 0 Å². The highest BCUT2D eigenvalue weighted by Crippen LogP contribution is 2.23. The van der Waals surface area contributed by atoms with Crippen molar-refractivity contribution < 1.29 is 14.6 Å². The first-order valence-electron chi connectivity index (χ1n) is 6.53. The van der Waals surface area contributed by atoms with Crippen molar-refractivity contribution in [2.45, 2.75) is 6.92 Å². The van der Waals surface area contributed by atoms with Gasteiger partial charge in [-0.05, 0) is 52.7 Å². The Morgan fingerprint density at radius 2 is 2.05 bits per heavy atom. The molecule has 4 nitrogen and oxygen atoms in total. The Labute approximate surface area is 131 Å². The van der Waals surface area contributed by atoms with Crippen LogP contribution in [-0.4, -0.2) is 24.2 Å². The zero-order chi connectivity index (χ0) is 15.2. The Bertz CT molecular complexity index is 643. The molecular weight excluding hydrogens is 334 g/mol. The van der Waals surface area contributed by atoms with Crippen LogP contribution in [0.5, 0.6) is 5.75 Å². The molecule has 0 bridgehead atoms. The second-order valence-electron chi connectivity index (χ2n) is 4.56. The van der Waals surface area contributed by atoms with Gasteiger partial charge in [-0.3, -0.25) is 0 Å². The van der Waals surface area contributed by atoms with Crippen molar-refractivity contribution in [3.8, 4) is 5.75 Å². The summed E-state index contributed by atoms with van der Waals surface area (Å²) in [6, 6.07) is 12.7. The third-order valence-corrected chi connectivity index (χ3v) is 3.61. The van der Waals surface area contributed by atoms with Crippen molar-refractivity contribution in [2.24, 2.45) is 0 Å². The van der Waals surface area contributed by atoms with Crippen molar-refractivity contribution in [1.29, 1.82) is 0 Å². The summed E-state index contributed by atoms with van der Waals surface area (Å²) in [6.07, 6.45) is 0. The first kappa shape index (κ1) is 15.4. The van der Waals surface area contributed by atoms with Crippen LogP contribution in [0.1, 0.15) is 15.9 Å². The van der Waals surface area contributed by atoms with E-state index in [0.29, 0.717) is 18.9 Å². The number of aryl methyl sites for hydroxylation is 1. The third kappa shape index (κ3) is 4.23. The lowest BCUT2D eigenvalue weighted by atomic mass is 10.2. The van der Waals surface area contributed by atoms with E-state index in [1.807, 2.05) is 25.1 Å². The summed E-state index contributed by atoms with van der Waals surface area (Å²) in [5.74, 6) is -0.602. The molecule has 0 aliphatic carbocycles. The van der Waals surface area contributed by atoms with E-state index in [1.165, 1.54) is 6.07 Å². The Hall–Kier alpha value is -2.01. The molecule has 0 spiro atoms. The van der Waals surface area contributed by atoms with Crippen LogP contribution in [0.2, 0.25) is 0 Å². The number of hydrogen-bond acceptors (Lipinski definition) is 3.